The number of aromatic amines is 1. The molecule has 1 aromatic heterocycles. The highest BCUT2D eigenvalue weighted by molar-refractivity contribution is 5.89. The summed E-state index contributed by atoms with van der Waals surface area (Å²) in [4.78, 5) is 25.6. The summed E-state index contributed by atoms with van der Waals surface area (Å²) in [6.45, 7) is 4.18. The third kappa shape index (κ3) is 2.12. The molecule has 92 valence electrons. The standard InChI is InChI=1S/C13H17NO3/c1-7(2)6-10-8-4-3-5-9(8)11(13(16)17)12(15)14-10/h7H,3-6H2,1-2H3,(H,14,15)(H,16,17). The number of aromatic nitrogens is 1. The predicted octanol–water partition coefficient (Wildman–Crippen LogP) is 1.76. The second-order valence-corrected chi connectivity index (χ2v) is 5.02. The van der Waals surface area contributed by atoms with Gasteiger partial charge < -0.3 is 10.1 Å². The molecule has 0 unspecified atom stereocenters. The van der Waals surface area contributed by atoms with Crippen LogP contribution < -0.4 is 5.56 Å². The molecule has 0 spiro atoms. The van der Waals surface area contributed by atoms with E-state index in [9.17, 15) is 9.59 Å². The molecule has 0 saturated heterocycles. The number of aromatic carboxylic acids is 1. The van der Waals surface area contributed by atoms with Crippen LogP contribution in [-0.4, -0.2) is 16.1 Å². The lowest BCUT2D eigenvalue weighted by Crippen LogP contribution is -2.23. The van der Waals surface area contributed by atoms with Gasteiger partial charge in [0, 0.05) is 5.69 Å². The van der Waals surface area contributed by atoms with Gasteiger partial charge in [-0.1, -0.05) is 13.8 Å². The molecule has 0 aliphatic heterocycles. The minimum atomic E-state index is -1.11. The van der Waals surface area contributed by atoms with Gasteiger partial charge in [-0.2, -0.15) is 0 Å². The molecule has 4 nitrogen and oxygen atoms in total. The van der Waals surface area contributed by atoms with Crippen LogP contribution in [0.5, 0.6) is 0 Å². The average Bonchev–Trinajstić information content (AvgIpc) is 2.64. The number of pyridine rings is 1. The fourth-order valence-corrected chi connectivity index (χ4v) is 2.57. The lowest BCUT2D eigenvalue weighted by molar-refractivity contribution is 0.0693. The maximum Gasteiger partial charge on any atom is 0.341 e. The smallest absolute Gasteiger partial charge is 0.341 e. The van der Waals surface area contributed by atoms with Gasteiger partial charge in [-0.25, -0.2) is 4.79 Å². The molecule has 17 heavy (non-hydrogen) atoms. The molecule has 0 fully saturated rings. The van der Waals surface area contributed by atoms with Crippen molar-refractivity contribution in [3.8, 4) is 0 Å². The minimum absolute atomic E-state index is 0.0509. The quantitative estimate of drug-likeness (QED) is 0.838. The van der Waals surface area contributed by atoms with Crippen LogP contribution in [0.3, 0.4) is 0 Å². The molecule has 0 saturated carbocycles. The van der Waals surface area contributed by atoms with Crippen molar-refractivity contribution >= 4 is 5.97 Å². The first-order valence-electron chi connectivity index (χ1n) is 6.01. The van der Waals surface area contributed by atoms with Crippen molar-refractivity contribution in [2.24, 2.45) is 5.92 Å². The molecule has 2 N–H and O–H groups in total. The van der Waals surface area contributed by atoms with Crippen molar-refractivity contribution in [1.82, 2.24) is 4.98 Å². The number of H-pyrrole nitrogens is 1. The predicted molar refractivity (Wildman–Crippen MR) is 64.6 cm³/mol. The van der Waals surface area contributed by atoms with Crippen LogP contribution in [0.4, 0.5) is 0 Å². The Morgan fingerprint density at radius 2 is 2.00 bits per heavy atom. The van der Waals surface area contributed by atoms with E-state index in [1.807, 2.05) is 0 Å². The zero-order chi connectivity index (χ0) is 12.6. The van der Waals surface area contributed by atoms with Gasteiger partial charge in [-0.3, -0.25) is 4.79 Å². The van der Waals surface area contributed by atoms with Crippen LogP contribution >= 0.6 is 0 Å². The van der Waals surface area contributed by atoms with E-state index in [0.29, 0.717) is 12.3 Å². The van der Waals surface area contributed by atoms with Gasteiger partial charge in [0.05, 0.1) is 0 Å². The first-order valence-corrected chi connectivity index (χ1v) is 6.01. The highest BCUT2D eigenvalue weighted by Gasteiger charge is 2.25. The zero-order valence-electron chi connectivity index (χ0n) is 10.2. The Bertz CT molecular complexity index is 514. The van der Waals surface area contributed by atoms with Crippen molar-refractivity contribution < 1.29 is 9.90 Å². The van der Waals surface area contributed by atoms with E-state index in [1.54, 1.807) is 0 Å². The lowest BCUT2D eigenvalue weighted by atomic mass is 9.98. The van der Waals surface area contributed by atoms with Crippen molar-refractivity contribution in [1.29, 1.82) is 0 Å². The monoisotopic (exact) mass is 235 g/mol. The summed E-state index contributed by atoms with van der Waals surface area (Å²) in [5.41, 5.74) is 2.26. The molecule has 1 aromatic rings. The van der Waals surface area contributed by atoms with Crippen molar-refractivity contribution in [3.05, 3.63) is 32.7 Å². The molecule has 0 amide bonds. The third-order valence-corrected chi connectivity index (χ3v) is 3.20. The minimum Gasteiger partial charge on any atom is -0.477 e. The van der Waals surface area contributed by atoms with E-state index in [0.717, 1.165) is 36.1 Å². The van der Waals surface area contributed by atoms with E-state index in [-0.39, 0.29) is 5.56 Å². The molecule has 1 heterocycles. The summed E-state index contributed by atoms with van der Waals surface area (Å²) in [5.74, 6) is -0.661. The van der Waals surface area contributed by atoms with Crippen LogP contribution in [-0.2, 0) is 19.3 Å². The Morgan fingerprint density at radius 3 is 2.59 bits per heavy atom. The van der Waals surface area contributed by atoms with Gasteiger partial charge in [0.2, 0.25) is 0 Å². The van der Waals surface area contributed by atoms with E-state index in [2.05, 4.69) is 18.8 Å². The maximum atomic E-state index is 11.8. The number of carboxylic acid groups (broad SMARTS) is 1. The number of nitrogens with one attached hydrogen (secondary N) is 1. The SMILES string of the molecule is CC(C)Cc1[nH]c(=O)c(C(=O)O)c2c1CCC2. The van der Waals surface area contributed by atoms with Crippen molar-refractivity contribution in [2.75, 3.05) is 0 Å². The van der Waals surface area contributed by atoms with E-state index in [4.69, 9.17) is 5.11 Å². The summed E-state index contributed by atoms with van der Waals surface area (Å²) in [6, 6.07) is 0. The summed E-state index contributed by atoms with van der Waals surface area (Å²) < 4.78 is 0. The summed E-state index contributed by atoms with van der Waals surface area (Å²) >= 11 is 0. The Hall–Kier alpha value is -1.58. The largest absolute Gasteiger partial charge is 0.477 e. The molecule has 0 radical (unpaired) electrons. The van der Waals surface area contributed by atoms with Gasteiger partial charge in [0.15, 0.2) is 0 Å². The molecular weight excluding hydrogens is 218 g/mol. The highest BCUT2D eigenvalue weighted by Crippen LogP contribution is 2.26. The summed E-state index contributed by atoms with van der Waals surface area (Å²) in [5, 5.41) is 9.08. The zero-order valence-corrected chi connectivity index (χ0v) is 10.2. The van der Waals surface area contributed by atoms with Crippen molar-refractivity contribution in [3.63, 3.8) is 0 Å². The molecular formula is C13H17NO3. The van der Waals surface area contributed by atoms with Crippen LogP contribution in [0.25, 0.3) is 0 Å². The lowest BCUT2D eigenvalue weighted by Gasteiger charge is -2.12. The van der Waals surface area contributed by atoms with E-state index < -0.39 is 11.5 Å². The molecule has 1 aliphatic carbocycles. The topological polar surface area (TPSA) is 70.2 Å². The van der Waals surface area contributed by atoms with Gasteiger partial charge in [-0.15, -0.1) is 0 Å². The van der Waals surface area contributed by atoms with Crippen LogP contribution in [0.2, 0.25) is 0 Å². The molecule has 1 aliphatic rings. The molecule has 2 rings (SSSR count). The van der Waals surface area contributed by atoms with Crippen LogP contribution in [0.15, 0.2) is 4.79 Å². The van der Waals surface area contributed by atoms with Crippen molar-refractivity contribution in [2.45, 2.75) is 39.5 Å². The second kappa shape index (κ2) is 4.35. The second-order valence-electron chi connectivity index (χ2n) is 5.02. The average molecular weight is 235 g/mol. The fraction of sp³-hybridized carbons (Fsp3) is 0.538. The number of carbonyl (C=O) groups is 1. The molecule has 4 heteroatoms. The van der Waals surface area contributed by atoms with Gasteiger partial charge in [-0.05, 0) is 42.7 Å². The first kappa shape index (κ1) is 11.9. The van der Waals surface area contributed by atoms with Gasteiger partial charge >= 0.3 is 5.97 Å². The molecule has 0 atom stereocenters. The highest BCUT2D eigenvalue weighted by atomic mass is 16.4. The van der Waals surface area contributed by atoms with Gasteiger partial charge in [0.1, 0.15) is 5.56 Å². The maximum absolute atomic E-state index is 11.8. The number of fused-ring (bicyclic) bond motifs is 1. The van der Waals surface area contributed by atoms with Gasteiger partial charge in [0.25, 0.3) is 5.56 Å². The number of carboxylic acids is 1. The summed E-state index contributed by atoms with van der Waals surface area (Å²) in [6.07, 6.45) is 3.34. The molecule has 0 bridgehead atoms. The van der Waals surface area contributed by atoms with Crippen LogP contribution in [0.1, 0.15) is 47.4 Å². The Labute approximate surface area is 99.7 Å². The first-order chi connectivity index (χ1) is 8.00. The van der Waals surface area contributed by atoms with E-state index >= 15 is 0 Å². The third-order valence-electron chi connectivity index (χ3n) is 3.20. The normalized spacial score (nSPS) is 14.1. The number of hydrogen-bond donors (Lipinski definition) is 2. The molecule has 0 aromatic carbocycles. The summed E-state index contributed by atoms with van der Waals surface area (Å²) in [7, 11) is 0. The number of rotatable bonds is 3. The number of hydrogen-bond acceptors (Lipinski definition) is 2. The fourth-order valence-electron chi connectivity index (χ4n) is 2.57. The Kier molecular flexibility index (Phi) is 3.05. The van der Waals surface area contributed by atoms with E-state index in [1.165, 1.54) is 0 Å². The Morgan fingerprint density at radius 1 is 1.35 bits per heavy atom. The Balaban J connectivity index is 2.60. The van der Waals surface area contributed by atoms with Crippen LogP contribution in [0, 0.1) is 5.92 Å².